The number of quaternary nitrogens is 2. The third-order valence-corrected chi connectivity index (χ3v) is 0. The van der Waals surface area contributed by atoms with Crippen LogP contribution in [0.25, 0.3) is 0 Å². The molecule has 0 saturated heterocycles. The summed E-state index contributed by atoms with van der Waals surface area (Å²) in [7, 11) is 0. The summed E-state index contributed by atoms with van der Waals surface area (Å²) in [6.07, 6.45) is -2.33. The Bertz CT molecular complexity index is 33.4. The van der Waals surface area contributed by atoms with E-state index in [4.69, 9.17) is 25.4 Å². The van der Waals surface area contributed by atoms with Crippen LogP contribution in [0.2, 0.25) is 0 Å². The summed E-state index contributed by atoms with van der Waals surface area (Å²) in [6, 6.07) is 0. The minimum atomic E-state index is -2.33. The summed E-state index contributed by atoms with van der Waals surface area (Å²) in [5.41, 5.74) is 0. The summed E-state index contributed by atoms with van der Waals surface area (Å²) < 4.78 is 0. The Morgan fingerprint density at radius 2 is 1.12 bits per heavy atom. The molecule has 0 aromatic heterocycles. The van der Waals surface area contributed by atoms with Gasteiger partial charge in [0.25, 0.3) is 0 Å². The Labute approximate surface area is 44.7 Å². The number of carbonyl (C=O) groups is 1. The second kappa shape index (κ2) is 35.8. The van der Waals surface area contributed by atoms with Gasteiger partial charge in [0.2, 0.25) is 0 Å². The van der Waals surface area contributed by atoms with Crippen molar-refractivity contribution < 1.29 is 37.2 Å². The first-order valence-corrected chi connectivity index (χ1v) is 1.24. The van der Waals surface area contributed by atoms with Crippen LogP contribution in [0.5, 0.6) is 0 Å². The molecule has 0 bridgehead atoms. The van der Waals surface area contributed by atoms with Crippen LogP contribution in [-0.2, 0) is 0 Å². The molecule has 0 rings (SSSR count). The van der Waals surface area contributed by atoms with Gasteiger partial charge in [-0.2, -0.15) is 0 Å². The number of hydrogen-bond donors (Lipinski definition) is 4. The van der Waals surface area contributed by atoms with Crippen molar-refractivity contribution in [1.82, 2.24) is 0 Å². The van der Waals surface area contributed by atoms with E-state index < -0.39 is 6.16 Å². The van der Waals surface area contributed by atoms with Gasteiger partial charge in [-0.15, -0.1) is 0 Å². The highest BCUT2D eigenvalue weighted by Gasteiger charge is 1.26. The van der Waals surface area contributed by atoms with Crippen LogP contribution >= 0.6 is 0 Å². The van der Waals surface area contributed by atoms with E-state index in [1.165, 1.54) is 0 Å². The normalized spacial score (nSPS) is 4.50. The Morgan fingerprint density at radius 3 is 1.12 bits per heavy atom. The molecule has 0 heterocycles. The zero-order chi connectivity index (χ0) is 7.58. The zero-order valence-corrected chi connectivity index (χ0v) is 4.03. The van der Waals surface area contributed by atoms with Crippen molar-refractivity contribution in [1.29, 1.82) is 0 Å². The smallest absolute Gasteiger partial charge is 0.0431 e. The van der Waals surface area contributed by atoms with Gasteiger partial charge in [-0.1, -0.05) is 0 Å². The fourth-order valence-electron chi connectivity index (χ4n) is 0. The molecule has 7 heteroatoms. The van der Waals surface area contributed by atoms with Gasteiger partial charge in [0, 0.05) is 0 Å². The minimum Gasteiger partial charge on any atom is -0.652 e. The van der Waals surface area contributed by atoms with Crippen molar-refractivity contribution in [2.75, 3.05) is 0 Å². The number of hydrogen-bond acceptors (Lipinski definition) is 5. The van der Waals surface area contributed by atoms with Crippen LogP contribution in [0.15, 0.2) is 0 Å². The van der Waals surface area contributed by atoms with E-state index in [-0.39, 0.29) is 0 Å². The van der Waals surface area contributed by atoms with Crippen molar-refractivity contribution >= 4 is 6.16 Å². The molecule has 0 atom stereocenters. The van der Waals surface area contributed by atoms with Crippen LogP contribution in [0.4, 0.5) is 4.79 Å². The van der Waals surface area contributed by atoms with Crippen LogP contribution in [0, 0.1) is 0 Å². The molecular formula is CH8N2O5. The largest absolute Gasteiger partial charge is 0.652 e. The first kappa shape index (κ1) is 15.7. The Kier molecular flexibility index (Phi) is 70.4. The molecular weight excluding hydrogens is 120 g/mol. The summed E-state index contributed by atoms with van der Waals surface area (Å²) in [6.45, 7) is 0. The standard InChI is InChI=1S/CH2O3.2H4NO/c2-1(3)4;2*1-2/h(H2,2,3,4);2*2H,1H3/q;2*+1/p-2. The second-order valence-corrected chi connectivity index (χ2v) is 0.250. The maximum Gasteiger partial charge on any atom is -0.0431 e. The molecule has 0 aliphatic carbocycles. The van der Waals surface area contributed by atoms with Crippen molar-refractivity contribution in [3.05, 3.63) is 0 Å². The Hall–Kier alpha value is -0.890. The van der Waals surface area contributed by atoms with E-state index in [0.29, 0.717) is 0 Å². The van der Waals surface area contributed by atoms with Gasteiger partial charge in [0.05, 0.1) is 0 Å². The van der Waals surface area contributed by atoms with Crippen molar-refractivity contribution in [3.63, 3.8) is 0 Å². The molecule has 8 heavy (non-hydrogen) atoms. The molecule has 0 aliphatic rings. The number of rotatable bonds is 0. The van der Waals surface area contributed by atoms with Crippen LogP contribution in [0.3, 0.4) is 0 Å². The van der Waals surface area contributed by atoms with Gasteiger partial charge >= 0.3 is 0 Å². The van der Waals surface area contributed by atoms with Gasteiger partial charge in [-0.3, -0.25) is 0 Å². The fourth-order valence-corrected chi connectivity index (χ4v) is 0. The lowest BCUT2D eigenvalue weighted by atomic mass is 11.5. The van der Waals surface area contributed by atoms with E-state index in [9.17, 15) is 0 Å². The van der Waals surface area contributed by atoms with E-state index in [0.717, 1.165) is 0 Å². The highest BCUT2D eigenvalue weighted by Crippen LogP contribution is 1.21. The molecule has 0 aromatic carbocycles. The zero-order valence-electron chi connectivity index (χ0n) is 4.03. The SMILES string of the molecule is O=C([O-])[O-].[NH3+]O.[NH3+]O. The average molecular weight is 128 g/mol. The summed E-state index contributed by atoms with van der Waals surface area (Å²) in [5, 5.41) is 30.2. The van der Waals surface area contributed by atoms with Crippen molar-refractivity contribution in [3.8, 4) is 0 Å². The van der Waals surface area contributed by atoms with Gasteiger partial charge in [-0.05, 0) is 6.16 Å². The lowest BCUT2D eigenvalue weighted by Gasteiger charge is -1.96. The lowest BCUT2D eigenvalue weighted by Crippen LogP contribution is -2.42. The van der Waals surface area contributed by atoms with E-state index >= 15 is 0 Å². The van der Waals surface area contributed by atoms with Crippen molar-refractivity contribution in [2.24, 2.45) is 0 Å². The highest BCUT2D eigenvalue weighted by molar-refractivity contribution is 5.47. The molecule has 0 unspecified atom stereocenters. The quantitative estimate of drug-likeness (QED) is 0.239. The lowest BCUT2D eigenvalue weighted by molar-refractivity contribution is -0.670. The van der Waals surface area contributed by atoms with Crippen LogP contribution < -0.4 is 22.0 Å². The summed E-state index contributed by atoms with van der Waals surface area (Å²) in [5.74, 6) is 4.50. The first-order chi connectivity index (χ1) is 3.73. The average Bonchev–Trinajstić information content (AvgIpc) is 1.75. The molecule has 8 N–H and O–H groups in total. The first-order valence-electron chi connectivity index (χ1n) is 1.24. The molecule has 0 amide bonds. The van der Waals surface area contributed by atoms with Gasteiger partial charge in [-0.25, -0.2) is 22.2 Å². The van der Waals surface area contributed by atoms with Gasteiger partial charge in [0.1, 0.15) is 0 Å². The van der Waals surface area contributed by atoms with E-state index in [1.54, 1.807) is 0 Å². The van der Waals surface area contributed by atoms with Crippen LogP contribution in [0.1, 0.15) is 0 Å². The highest BCUT2D eigenvalue weighted by atomic mass is 16.6. The Morgan fingerprint density at radius 1 is 1.12 bits per heavy atom. The maximum absolute atomic E-state index is 8.33. The molecule has 52 valence electrons. The fraction of sp³-hybridized carbons (Fsp3) is 0. The monoisotopic (exact) mass is 128 g/mol. The van der Waals surface area contributed by atoms with Gasteiger partial charge in [0.15, 0.2) is 0 Å². The third kappa shape index (κ3) is 109. The predicted octanol–water partition coefficient (Wildman–Crippen LogP) is -5.21. The van der Waals surface area contributed by atoms with Gasteiger partial charge < -0.3 is 15.0 Å². The minimum absolute atomic E-state index is 2.25. The summed E-state index contributed by atoms with van der Waals surface area (Å²) in [4.78, 5) is 8.33. The van der Waals surface area contributed by atoms with E-state index in [1.807, 2.05) is 0 Å². The number of carboxylic acid groups (broad SMARTS) is 2. The molecule has 0 aliphatic heterocycles. The molecule has 0 saturated carbocycles. The molecule has 0 fully saturated rings. The van der Waals surface area contributed by atoms with Crippen LogP contribution in [-0.4, -0.2) is 16.6 Å². The Balaban J connectivity index is -0.0000000542. The second-order valence-electron chi connectivity index (χ2n) is 0.250. The topological polar surface area (TPSA) is 159 Å². The molecule has 0 aromatic rings. The molecule has 0 spiro atoms. The molecule has 0 radical (unpaired) electrons. The predicted molar refractivity (Wildman–Crippen MR) is 14.7 cm³/mol. The van der Waals surface area contributed by atoms with Crippen molar-refractivity contribution in [2.45, 2.75) is 0 Å². The van der Waals surface area contributed by atoms with E-state index in [2.05, 4.69) is 11.8 Å². The number of carbonyl (C=O) groups excluding carboxylic acids is 1. The summed E-state index contributed by atoms with van der Waals surface area (Å²) >= 11 is 0. The third-order valence-electron chi connectivity index (χ3n) is 0. The maximum atomic E-state index is 8.33. The molecule has 7 nitrogen and oxygen atoms in total.